The van der Waals surface area contributed by atoms with Gasteiger partial charge >= 0.3 is 7.12 Å². The Bertz CT molecular complexity index is 823. The second-order valence-electron chi connectivity index (χ2n) is 5.24. The van der Waals surface area contributed by atoms with E-state index in [9.17, 15) is 0 Å². The van der Waals surface area contributed by atoms with Gasteiger partial charge in [-0.15, -0.1) is 0 Å². The highest BCUT2D eigenvalue weighted by molar-refractivity contribution is 6.61. The molecule has 2 heterocycles. The maximum atomic E-state index is 8.43. The standard InChI is InChI=1S/C14H23BN2O2/c1-7-17(6)11-8-9-16-12(10-11)15-18-13(2,3)14(4,5)19-15/h8-10H,7H2,1-6H3/i1D3,6D3,7D2,8D,9D,10D. The van der Waals surface area contributed by atoms with Crippen molar-refractivity contribution in [1.82, 2.24) is 4.98 Å². The SMILES string of the molecule is [2H]c1nc(B2OC(C)(C)C(C)(C)O2)c([2H])c(N(C([2H])([2H])[2H])C([2H])([2H])C([2H])([2H])[2H])c1[2H]. The first-order valence-electron chi connectivity index (χ1n) is 11.3. The monoisotopic (exact) mass is 273 g/mol. The molecule has 0 N–H and O–H groups in total. The third-order valence-corrected chi connectivity index (χ3v) is 3.41. The van der Waals surface area contributed by atoms with Crippen molar-refractivity contribution in [2.24, 2.45) is 0 Å². The summed E-state index contributed by atoms with van der Waals surface area (Å²) in [5.41, 5.74) is -2.96. The van der Waals surface area contributed by atoms with Crippen LogP contribution in [0.25, 0.3) is 0 Å². The largest absolute Gasteiger partial charge is 0.514 e. The first-order valence-corrected chi connectivity index (χ1v) is 5.79. The summed E-state index contributed by atoms with van der Waals surface area (Å²) in [6, 6.07) is -1.66. The quantitative estimate of drug-likeness (QED) is 0.787. The van der Waals surface area contributed by atoms with Gasteiger partial charge in [-0.3, -0.25) is 4.98 Å². The lowest BCUT2D eigenvalue weighted by atomic mass is 9.84. The number of aromatic nitrogens is 1. The first-order chi connectivity index (χ1) is 13.1. The number of hydrogen-bond acceptors (Lipinski definition) is 4. The van der Waals surface area contributed by atoms with Crippen LogP contribution in [-0.2, 0) is 9.31 Å². The summed E-state index contributed by atoms with van der Waals surface area (Å²) in [4.78, 5) is 3.69. The lowest BCUT2D eigenvalue weighted by molar-refractivity contribution is 0.00578. The Labute approximate surface area is 131 Å². The normalized spacial score (nSPS) is 31.2. The van der Waals surface area contributed by atoms with Crippen LogP contribution in [0.1, 0.15) is 49.6 Å². The highest BCUT2D eigenvalue weighted by Gasteiger charge is 2.52. The van der Waals surface area contributed by atoms with E-state index in [1.165, 1.54) is 0 Å². The smallest absolute Gasteiger partial charge is 0.398 e. The first kappa shape index (κ1) is 5.74. The fourth-order valence-corrected chi connectivity index (χ4v) is 1.56. The van der Waals surface area contributed by atoms with Crippen molar-refractivity contribution in [2.45, 2.75) is 45.7 Å². The van der Waals surface area contributed by atoms with E-state index < -0.39 is 62.6 Å². The molecule has 1 fully saturated rings. The van der Waals surface area contributed by atoms with Gasteiger partial charge in [-0.25, -0.2) is 0 Å². The maximum Gasteiger partial charge on any atom is 0.514 e. The average Bonchev–Trinajstić information content (AvgIpc) is 2.72. The van der Waals surface area contributed by atoms with Crippen molar-refractivity contribution >= 4 is 18.4 Å². The van der Waals surface area contributed by atoms with Gasteiger partial charge in [0.2, 0.25) is 0 Å². The van der Waals surface area contributed by atoms with E-state index in [1.54, 1.807) is 27.7 Å². The molecule has 1 aliphatic rings. The van der Waals surface area contributed by atoms with Crippen LogP contribution >= 0.6 is 0 Å². The number of hydrogen-bond donors (Lipinski definition) is 0. The van der Waals surface area contributed by atoms with Crippen LogP contribution in [-0.4, -0.2) is 36.8 Å². The molecule has 0 aromatic carbocycles. The van der Waals surface area contributed by atoms with Crippen molar-refractivity contribution in [2.75, 3.05) is 18.4 Å². The zero-order valence-corrected chi connectivity index (χ0v) is 11.3. The Morgan fingerprint density at radius 1 is 1.42 bits per heavy atom. The topological polar surface area (TPSA) is 34.6 Å². The molecule has 1 saturated heterocycles. The van der Waals surface area contributed by atoms with E-state index in [0.717, 1.165) is 0 Å². The second kappa shape index (κ2) is 4.80. The van der Waals surface area contributed by atoms with Crippen LogP contribution in [0.5, 0.6) is 0 Å². The molecule has 1 aromatic rings. The number of nitrogens with zero attached hydrogens (tertiary/aromatic N) is 2. The molecule has 0 spiro atoms. The van der Waals surface area contributed by atoms with Gasteiger partial charge < -0.3 is 14.2 Å². The summed E-state index contributed by atoms with van der Waals surface area (Å²) in [7, 11) is -1.30. The Morgan fingerprint density at radius 2 is 2.11 bits per heavy atom. The highest BCUT2D eigenvalue weighted by Crippen LogP contribution is 2.36. The van der Waals surface area contributed by atoms with Crippen molar-refractivity contribution in [1.29, 1.82) is 0 Å². The molecule has 0 bridgehead atoms. The summed E-state index contributed by atoms with van der Waals surface area (Å²) >= 11 is 0. The van der Waals surface area contributed by atoms with Gasteiger partial charge in [0.15, 0.2) is 0 Å². The van der Waals surface area contributed by atoms with Crippen molar-refractivity contribution in [3.05, 3.63) is 18.3 Å². The second-order valence-corrected chi connectivity index (χ2v) is 5.24. The highest BCUT2D eigenvalue weighted by atomic mass is 16.7. The van der Waals surface area contributed by atoms with Gasteiger partial charge in [0.25, 0.3) is 0 Å². The van der Waals surface area contributed by atoms with Gasteiger partial charge in [-0.1, -0.05) is 0 Å². The Hall–Kier alpha value is -1.07. The Morgan fingerprint density at radius 3 is 2.68 bits per heavy atom. The summed E-state index contributed by atoms with van der Waals surface area (Å²) in [5.74, 6) is 0. The third kappa shape index (κ3) is 2.62. The molecule has 19 heavy (non-hydrogen) atoms. The molecule has 2 rings (SSSR count). The van der Waals surface area contributed by atoms with Crippen LogP contribution in [0, 0.1) is 0 Å². The molecule has 104 valence electrons. The van der Waals surface area contributed by atoms with Crippen LogP contribution in [0.2, 0.25) is 0 Å². The number of rotatable bonds is 3. The summed E-state index contributed by atoms with van der Waals surface area (Å²) in [6.45, 7) is -3.41. The molecule has 5 heteroatoms. The summed E-state index contributed by atoms with van der Waals surface area (Å²) in [5, 5.41) is 0. The molecule has 0 saturated carbocycles. The average molecular weight is 273 g/mol. The predicted octanol–water partition coefficient (Wildman–Crippen LogP) is 1.84. The summed E-state index contributed by atoms with van der Waals surface area (Å²) in [6.07, 6.45) is -0.777. The molecular formula is C14H23BN2O2. The molecule has 0 atom stereocenters. The van der Waals surface area contributed by atoms with E-state index in [2.05, 4.69) is 4.98 Å². The molecular weight excluding hydrogens is 239 g/mol. The van der Waals surface area contributed by atoms with Crippen LogP contribution in [0.3, 0.4) is 0 Å². The van der Waals surface area contributed by atoms with Gasteiger partial charge in [0.05, 0.1) is 20.9 Å². The number of anilines is 1. The number of pyridine rings is 1. The van der Waals surface area contributed by atoms with Gasteiger partial charge in [0.1, 0.15) is 0 Å². The van der Waals surface area contributed by atoms with Crippen LogP contribution < -0.4 is 10.5 Å². The summed E-state index contributed by atoms with van der Waals surface area (Å²) < 4.78 is 97.3. The van der Waals surface area contributed by atoms with E-state index in [4.69, 9.17) is 24.4 Å². The molecule has 0 unspecified atom stereocenters. The van der Waals surface area contributed by atoms with E-state index >= 15 is 0 Å². The minimum absolute atomic E-state index is 0.133. The molecule has 4 nitrogen and oxygen atoms in total. The van der Waals surface area contributed by atoms with Crippen molar-refractivity contribution < 1.29 is 24.4 Å². The van der Waals surface area contributed by atoms with Crippen molar-refractivity contribution in [3.8, 4) is 0 Å². The lowest BCUT2D eigenvalue weighted by Crippen LogP contribution is -2.41. The zero-order chi connectivity index (χ0) is 23.7. The zero-order valence-electron chi connectivity index (χ0n) is 22.3. The van der Waals surface area contributed by atoms with E-state index in [0.29, 0.717) is 0 Å². The third-order valence-electron chi connectivity index (χ3n) is 3.41. The predicted molar refractivity (Wildman–Crippen MR) is 78.9 cm³/mol. The minimum Gasteiger partial charge on any atom is -0.398 e. The van der Waals surface area contributed by atoms with Crippen LogP contribution in [0.15, 0.2) is 18.3 Å². The van der Waals surface area contributed by atoms with Gasteiger partial charge in [-0.2, -0.15) is 0 Å². The lowest BCUT2D eigenvalue weighted by Gasteiger charge is -2.32. The molecule has 0 radical (unpaired) electrons. The van der Waals surface area contributed by atoms with Gasteiger partial charge in [-0.05, 0) is 46.6 Å². The fourth-order valence-electron chi connectivity index (χ4n) is 1.56. The van der Waals surface area contributed by atoms with Crippen molar-refractivity contribution in [3.63, 3.8) is 0 Å². The maximum absolute atomic E-state index is 8.43. The van der Waals surface area contributed by atoms with E-state index in [-0.39, 0.29) is 10.5 Å². The Kier molecular flexibility index (Phi) is 1.45. The molecule has 1 aliphatic heterocycles. The Balaban J connectivity index is 2.78. The molecule has 0 amide bonds. The van der Waals surface area contributed by atoms with Crippen LogP contribution in [0.4, 0.5) is 5.69 Å². The molecule has 0 aliphatic carbocycles. The fraction of sp³-hybridized carbons (Fsp3) is 0.643. The van der Waals surface area contributed by atoms with Gasteiger partial charge in [0, 0.05) is 36.3 Å². The molecule has 1 aromatic heterocycles. The minimum atomic E-state index is -3.48. The van der Waals surface area contributed by atoms with E-state index in [1.807, 2.05) is 0 Å².